The van der Waals surface area contributed by atoms with Gasteiger partial charge in [0.05, 0.1) is 0 Å². The van der Waals surface area contributed by atoms with Crippen LogP contribution in [0.2, 0.25) is 0 Å². The molecule has 226 valence electrons. The molecular weight excluding hydrogens is 502 g/mol. The van der Waals surface area contributed by atoms with Crippen LogP contribution in [0.3, 0.4) is 0 Å². The van der Waals surface area contributed by atoms with Gasteiger partial charge >= 0.3 is 5.97 Å². The second-order valence-corrected chi connectivity index (χ2v) is 12.8. The molecule has 39 heavy (non-hydrogen) atoms. The number of hydrogen-bond acceptors (Lipinski definition) is 6. The van der Waals surface area contributed by atoms with E-state index in [0.717, 1.165) is 0 Å². The highest BCUT2D eigenvalue weighted by molar-refractivity contribution is 5.93. The zero-order chi connectivity index (χ0) is 30.4. The summed E-state index contributed by atoms with van der Waals surface area (Å²) in [5.74, 6) is -2.83. The van der Waals surface area contributed by atoms with Gasteiger partial charge in [0.15, 0.2) is 0 Å². The Kier molecular flexibility index (Phi) is 15.9. The van der Waals surface area contributed by atoms with Crippen molar-refractivity contribution in [2.24, 2.45) is 11.3 Å². The van der Waals surface area contributed by atoms with Gasteiger partial charge in [-0.25, -0.2) is 4.79 Å². The Morgan fingerprint density at radius 1 is 0.744 bits per heavy atom. The number of rotatable bonds is 17. The topological polar surface area (TPSA) is 166 Å². The van der Waals surface area contributed by atoms with Crippen LogP contribution in [-0.4, -0.2) is 71.5 Å². The highest BCUT2D eigenvalue weighted by Gasteiger charge is 2.29. The van der Waals surface area contributed by atoms with Crippen molar-refractivity contribution < 1.29 is 29.1 Å². The van der Waals surface area contributed by atoms with Crippen molar-refractivity contribution in [3.8, 4) is 0 Å². The van der Waals surface area contributed by atoms with E-state index in [1.54, 1.807) is 13.8 Å². The summed E-state index contributed by atoms with van der Waals surface area (Å²) in [6.07, 6.45) is 2.54. The third-order valence-electron chi connectivity index (χ3n) is 5.98. The van der Waals surface area contributed by atoms with Crippen LogP contribution in [0.25, 0.3) is 0 Å². The first-order valence-electron chi connectivity index (χ1n) is 14.0. The molecule has 11 heteroatoms. The van der Waals surface area contributed by atoms with E-state index >= 15 is 0 Å². The zero-order valence-electron chi connectivity index (χ0n) is 25.5. The summed E-state index contributed by atoms with van der Waals surface area (Å²) in [6, 6.07) is -2.93. The third-order valence-corrected chi connectivity index (χ3v) is 5.98. The number of amides is 4. The SMILES string of the molecule is CC(C)[C@H](NC(=O)CCC(C)(C)C)C(=O)N[C@@H](C)C(=O)N[C@@H](CCCCNC(=O)CCNC(C)(C)C)C(=O)O. The van der Waals surface area contributed by atoms with Gasteiger partial charge in [-0.15, -0.1) is 0 Å². The van der Waals surface area contributed by atoms with Gasteiger partial charge in [-0.1, -0.05) is 34.6 Å². The molecule has 0 unspecified atom stereocenters. The van der Waals surface area contributed by atoms with Gasteiger partial charge in [0.1, 0.15) is 18.1 Å². The Labute approximate surface area is 234 Å². The molecule has 0 radical (unpaired) electrons. The van der Waals surface area contributed by atoms with E-state index in [4.69, 9.17) is 0 Å². The minimum atomic E-state index is -1.18. The van der Waals surface area contributed by atoms with Crippen molar-refractivity contribution in [1.29, 1.82) is 0 Å². The lowest BCUT2D eigenvalue weighted by molar-refractivity contribution is -0.142. The summed E-state index contributed by atoms with van der Waals surface area (Å²) in [5.41, 5.74) is -0.0768. The molecule has 0 aliphatic carbocycles. The highest BCUT2D eigenvalue weighted by Crippen LogP contribution is 2.20. The van der Waals surface area contributed by atoms with Crippen LogP contribution in [0.15, 0.2) is 0 Å². The smallest absolute Gasteiger partial charge is 0.326 e. The van der Waals surface area contributed by atoms with Crippen LogP contribution in [-0.2, 0) is 24.0 Å². The van der Waals surface area contributed by atoms with Crippen molar-refractivity contribution in [3.05, 3.63) is 0 Å². The van der Waals surface area contributed by atoms with E-state index < -0.39 is 35.9 Å². The van der Waals surface area contributed by atoms with E-state index in [1.165, 1.54) is 6.92 Å². The van der Waals surface area contributed by atoms with E-state index in [0.29, 0.717) is 38.8 Å². The Hall–Kier alpha value is -2.69. The third kappa shape index (κ3) is 18.3. The molecule has 0 aliphatic rings. The molecule has 6 N–H and O–H groups in total. The lowest BCUT2D eigenvalue weighted by atomic mass is 9.90. The molecule has 0 bridgehead atoms. The summed E-state index contributed by atoms with van der Waals surface area (Å²) in [6.45, 7) is 18.2. The highest BCUT2D eigenvalue weighted by atomic mass is 16.4. The van der Waals surface area contributed by atoms with Gasteiger partial charge in [0, 0.05) is 31.5 Å². The van der Waals surface area contributed by atoms with E-state index in [-0.39, 0.29) is 41.5 Å². The number of carboxylic acid groups (broad SMARTS) is 1. The van der Waals surface area contributed by atoms with Crippen LogP contribution >= 0.6 is 0 Å². The van der Waals surface area contributed by atoms with E-state index in [2.05, 4.69) is 26.6 Å². The number of nitrogens with one attached hydrogen (secondary N) is 5. The molecule has 0 saturated carbocycles. The van der Waals surface area contributed by atoms with Crippen LogP contribution in [0.5, 0.6) is 0 Å². The van der Waals surface area contributed by atoms with E-state index in [1.807, 2.05) is 41.5 Å². The molecule has 0 heterocycles. The lowest BCUT2D eigenvalue weighted by Gasteiger charge is -2.25. The normalized spacial score (nSPS) is 14.2. The molecule has 4 amide bonds. The molecule has 0 fully saturated rings. The Balaban J connectivity index is 4.64. The van der Waals surface area contributed by atoms with Crippen LogP contribution < -0.4 is 26.6 Å². The summed E-state index contributed by atoms with van der Waals surface area (Å²) in [5, 5.41) is 23.4. The molecular formula is C28H53N5O6. The number of carbonyl (C=O) groups is 5. The van der Waals surface area contributed by atoms with Crippen molar-refractivity contribution in [1.82, 2.24) is 26.6 Å². The standard InChI is InChI=1S/C28H53N5O6/c1-18(2)23(33-22(35)13-15-27(4,5)6)25(37)31-19(3)24(36)32-20(26(38)39)12-10-11-16-29-21(34)14-17-30-28(7,8)9/h18-20,23,30H,10-17H2,1-9H3,(H,29,34)(H,31,37)(H,32,36)(H,33,35)(H,38,39)/t19-,20-,23-/m0/s1. The van der Waals surface area contributed by atoms with Crippen LogP contribution in [0, 0.1) is 11.3 Å². The number of hydrogen-bond donors (Lipinski definition) is 6. The molecule has 0 aromatic carbocycles. The largest absolute Gasteiger partial charge is 0.480 e. The molecule has 0 spiro atoms. The average Bonchev–Trinajstić information content (AvgIpc) is 2.78. The summed E-state index contributed by atoms with van der Waals surface area (Å²) >= 11 is 0. The van der Waals surface area contributed by atoms with E-state index in [9.17, 15) is 29.1 Å². The van der Waals surface area contributed by atoms with Gasteiger partial charge in [0.2, 0.25) is 23.6 Å². The Morgan fingerprint density at radius 2 is 1.36 bits per heavy atom. The maximum absolute atomic E-state index is 12.8. The van der Waals surface area contributed by atoms with Crippen molar-refractivity contribution in [3.63, 3.8) is 0 Å². The van der Waals surface area contributed by atoms with Crippen LogP contribution in [0.1, 0.15) is 101 Å². The first-order chi connectivity index (χ1) is 17.8. The maximum Gasteiger partial charge on any atom is 0.326 e. The number of unbranched alkanes of at least 4 members (excludes halogenated alkanes) is 1. The predicted molar refractivity (Wildman–Crippen MR) is 152 cm³/mol. The quantitative estimate of drug-likeness (QED) is 0.150. The second kappa shape index (κ2) is 17.1. The lowest BCUT2D eigenvalue weighted by Crippen LogP contribution is -2.56. The van der Waals surface area contributed by atoms with Gasteiger partial charge in [-0.05, 0) is 64.7 Å². The summed E-state index contributed by atoms with van der Waals surface area (Å²) in [4.78, 5) is 61.4. The Morgan fingerprint density at radius 3 is 1.87 bits per heavy atom. The van der Waals surface area contributed by atoms with Crippen molar-refractivity contribution in [2.75, 3.05) is 13.1 Å². The molecule has 3 atom stereocenters. The number of aliphatic carboxylic acids is 1. The first-order valence-corrected chi connectivity index (χ1v) is 14.0. The fourth-order valence-corrected chi connectivity index (χ4v) is 3.53. The predicted octanol–water partition coefficient (Wildman–Crippen LogP) is 2.09. The average molecular weight is 556 g/mol. The van der Waals surface area contributed by atoms with Crippen molar-refractivity contribution >= 4 is 29.6 Å². The number of carbonyl (C=O) groups excluding carboxylic acids is 4. The Bertz CT molecular complexity index is 816. The van der Waals surface area contributed by atoms with Gasteiger partial charge < -0.3 is 31.7 Å². The molecule has 0 saturated heterocycles. The zero-order valence-corrected chi connectivity index (χ0v) is 25.5. The van der Waals surface area contributed by atoms with Gasteiger partial charge in [-0.3, -0.25) is 19.2 Å². The fourth-order valence-electron chi connectivity index (χ4n) is 3.53. The minimum Gasteiger partial charge on any atom is -0.480 e. The molecule has 0 aromatic heterocycles. The molecule has 0 rings (SSSR count). The maximum atomic E-state index is 12.8. The fraction of sp³-hybridized carbons (Fsp3) is 0.821. The summed E-state index contributed by atoms with van der Waals surface area (Å²) < 4.78 is 0. The molecule has 0 aromatic rings. The van der Waals surface area contributed by atoms with Crippen LogP contribution in [0.4, 0.5) is 0 Å². The summed E-state index contributed by atoms with van der Waals surface area (Å²) in [7, 11) is 0. The van der Waals surface area contributed by atoms with Gasteiger partial charge in [-0.2, -0.15) is 0 Å². The van der Waals surface area contributed by atoms with Crippen molar-refractivity contribution in [2.45, 2.75) is 125 Å². The molecule has 0 aliphatic heterocycles. The monoisotopic (exact) mass is 555 g/mol. The second-order valence-electron chi connectivity index (χ2n) is 12.8. The minimum absolute atomic E-state index is 0.0161. The number of carboxylic acids is 1. The van der Waals surface area contributed by atoms with Gasteiger partial charge in [0.25, 0.3) is 0 Å². The molecule has 11 nitrogen and oxygen atoms in total. The first kappa shape index (κ1) is 36.3.